The van der Waals surface area contributed by atoms with E-state index >= 15 is 0 Å². The number of rotatable bonds is 4. The molecule has 110 valence electrons. The van der Waals surface area contributed by atoms with Gasteiger partial charge < -0.3 is 10.6 Å². The topological polar surface area (TPSA) is 82.5 Å². The van der Waals surface area contributed by atoms with Crippen LogP contribution in [0.4, 0.5) is 4.39 Å². The molecule has 0 atom stereocenters. The molecule has 0 bridgehead atoms. The Labute approximate surface area is 124 Å². The van der Waals surface area contributed by atoms with Crippen molar-refractivity contribution in [1.82, 2.24) is 9.78 Å². The number of hydrogen-bond acceptors (Lipinski definition) is 4. The number of nitrogens with two attached hydrogens (primary N) is 1. The lowest BCUT2D eigenvalue weighted by molar-refractivity contribution is -0.144. The van der Waals surface area contributed by atoms with Crippen molar-refractivity contribution in [3.05, 3.63) is 52.6 Å². The number of nitrogens with zero attached hydrogens (tertiary/aromatic N) is 3. The first kappa shape index (κ1) is 15.0. The van der Waals surface area contributed by atoms with Crippen LogP contribution in [0.5, 0.6) is 0 Å². The molecule has 0 saturated carbocycles. The Kier molecular flexibility index (Phi) is 4.54. The Morgan fingerprint density at radius 1 is 1.48 bits per heavy atom. The third-order valence-corrected chi connectivity index (χ3v) is 2.93. The third-order valence-electron chi connectivity index (χ3n) is 2.56. The number of aromatic nitrogens is 2. The predicted octanol–water partition coefficient (Wildman–Crippen LogP) is 1.85. The lowest BCUT2D eigenvalue weighted by atomic mass is 10.2. The van der Waals surface area contributed by atoms with Gasteiger partial charge in [-0.1, -0.05) is 16.8 Å². The first-order valence-electron chi connectivity index (χ1n) is 5.94. The van der Waals surface area contributed by atoms with E-state index in [1.54, 1.807) is 6.92 Å². The molecule has 0 amide bonds. The number of hydrogen-bond donors (Lipinski definition) is 1. The average Bonchev–Trinajstić information content (AvgIpc) is 2.75. The summed E-state index contributed by atoms with van der Waals surface area (Å²) in [7, 11) is 0. The first-order valence-corrected chi connectivity index (χ1v) is 6.32. The highest BCUT2D eigenvalue weighted by Crippen LogP contribution is 2.11. The van der Waals surface area contributed by atoms with Gasteiger partial charge in [-0.2, -0.15) is 5.10 Å². The Morgan fingerprint density at radius 2 is 2.14 bits per heavy atom. The van der Waals surface area contributed by atoms with Crippen LogP contribution in [0, 0.1) is 12.7 Å². The lowest BCUT2D eigenvalue weighted by Crippen LogP contribution is -2.17. The van der Waals surface area contributed by atoms with E-state index in [0.29, 0.717) is 16.3 Å². The standard InChI is InChI=1S/C13H12ClFN4O2/c1-8-11(14)6-19(17-8)7-12(20)21-18-13(16)9-2-4-10(15)5-3-9/h2-6H,7H2,1H3,(H2,16,18). The van der Waals surface area contributed by atoms with Crippen LogP contribution in [-0.4, -0.2) is 21.6 Å². The number of amidine groups is 1. The Morgan fingerprint density at radius 3 is 2.71 bits per heavy atom. The van der Waals surface area contributed by atoms with Crippen molar-refractivity contribution in [2.24, 2.45) is 10.9 Å². The van der Waals surface area contributed by atoms with Crippen LogP contribution in [0.2, 0.25) is 5.02 Å². The maximum Gasteiger partial charge on any atom is 0.356 e. The molecule has 8 heteroatoms. The molecule has 0 aliphatic rings. The van der Waals surface area contributed by atoms with Crippen LogP contribution in [0.15, 0.2) is 35.6 Å². The van der Waals surface area contributed by atoms with E-state index in [4.69, 9.17) is 17.3 Å². The second-order valence-electron chi connectivity index (χ2n) is 4.21. The van der Waals surface area contributed by atoms with E-state index in [-0.39, 0.29) is 12.4 Å². The first-order chi connectivity index (χ1) is 9.95. The van der Waals surface area contributed by atoms with Crippen molar-refractivity contribution in [2.75, 3.05) is 0 Å². The number of oxime groups is 1. The number of carbonyl (C=O) groups excluding carboxylic acids is 1. The number of aryl methyl sites for hydroxylation is 1. The van der Waals surface area contributed by atoms with Crippen LogP contribution in [0.1, 0.15) is 11.3 Å². The molecule has 1 aromatic heterocycles. The van der Waals surface area contributed by atoms with E-state index in [9.17, 15) is 9.18 Å². The SMILES string of the molecule is Cc1nn(CC(=O)O/N=C(\N)c2ccc(F)cc2)cc1Cl. The summed E-state index contributed by atoms with van der Waals surface area (Å²) in [4.78, 5) is 16.2. The molecule has 0 aliphatic heterocycles. The molecule has 0 fully saturated rings. The molecule has 0 unspecified atom stereocenters. The molecule has 0 radical (unpaired) electrons. The maximum atomic E-state index is 12.8. The highest BCUT2D eigenvalue weighted by Gasteiger charge is 2.09. The third kappa shape index (κ3) is 4.03. The highest BCUT2D eigenvalue weighted by molar-refractivity contribution is 6.31. The van der Waals surface area contributed by atoms with Gasteiger partial charge in [-0.25, -0.2) is 9.18 Å². The fourth-order valence-corrected chi connectivity index (χ4v) is 1.66. The normalized spacial score (nSPS) is 11.5. The summed E-state index contributed by atoms with van der Waals surface area (Å²) in [6.07, 6.45) is 1.51. The van der Waals surface area contributed by atoms with Crippen molar-refractivity contribution in [2.45, 2.75) is 13.5 Å². The van der Waals surface area contributed by atoms with Crippen molar-refractivity contribution in [3.63, 3.8) is 0 Å². The minimum atomic E-state index is -0.653. The monoisotopic (exact) mass is 310 g/mol. The Bertz CT molecular complexity index is 662. The molecule has 2 N–H and O–H groups in total. The van der Waals surface area contributed by atoms with Crippen molar-refractivity contribution < 1.29 is 14.0 Å². The number of carbonyl (C=O) groups is 1. The maximum absolute atomic E-state index is 12.8. The summed E-state index contributed by atoms with van der Waals surface area (Å²) in [5, 5.41) is 7.96. The smallest absolute Gasteiger partial charge is 0.356 e. The molecule has 21 heavy (non-hydrogen) atoms. The van der Waals surface area contributed by atoms with Gasteiger partial charge in [0, 0.05) is 11.8 Å². The van der Waals surface area contributed by atoms with Gasteiger partial charge >= 0.3 is 5.97 Å². The van der Waals surface area contributed by atoms with Gasteiger partial charge in [-0.15, -0.1) is 0 Å². The molecule has 1 heterocycles. The molecule has 6 nitrogen and oxygen atoms in total. The van der Waals surface area contributed by atoms with E-state index in [2.05, 4.69) is 15.1 Å². The zero-order valence-electron chi connectivity index (χ0n) is 11.1. The van der Waals surface area contributed by atoms with E-state index in [0.717, 1.165) is 0 Å². The van der Waals surface area contributed by atoms with Gasteiger partial charge in [-0.3, -0.25) is 4.68 Å². The van der Waals surface area contributed by atoms with Gasteiger partial charge in [0.2, 0.25) is 0 Å². The van der Waals surface area contributed by atoms with Gasteiger partial charge in [0.25, 0.3) is 0 Å². The Balaban J connectivity index is 1.96. The molecule has 1 aromatic carbocycles. The predicted molar refractivity (Wildman–Crippen MR) is 75.2 cm³/mol. The van der Waals surface area contributed by atoms with Crippen LogP contribution >= 0.6 is 11.6 Å². The molecule has 2 aromatic rings. The van der Waals surface area contributed by atoms with Gasteiger partial charge in [0.1, 0.15) is 12.4 Å². The van der Waals surface area contributed by atoms with Crippen LogP contribution < -0.4 is 5.73 Å². The molecule has 2 rings (SSSR count). The molecule has 0 spiro atoms. The minimum Gasteiger partial charge on any atom is -0.380 e. The average molecular weight is 311 g/mol. The summed E-state index contributed by atoms with van der Waals surface area (Å²) in [5.74, 6) is -1.08. The second kappa shape index (κ2) is 6.36. The zero-order valence-corrected chi connectivity index (χ0v) is 11.8. The van der Waals surface area contributed by atoms with Crippen LogP contribution in [0.3, 0.4) is 0 Å². The summed E-state index contributed by atoms with van der Waals surface area (Å²) in [5.41, 5.74) is 6.68. The van der Waals surface area contributed by atoms with Crippen LogP contribution in [-0.2, 0) is 16.2 Å². The minimum absolute atomic E-state index is 0.0296. The molecule has 0 aliphatic carbocycles. The van der Waals surface area contributed by atoms with Crippen molar-refractivity contribution in [3.8, 4) is 0 Å². The van der Waals surface area contributed by atoms with E-state index < -0.39 is 11.8 Å². The summed E-state index contributed by atoms with van der Waals surface area (Å²) < 4.78 is 14.1. The van der Waals surface area contributed by atoms with Gasteiger partial charge in [-0.05, 0) is 31.2 Å². The molecule has 0 saturated heterocycles. The lowest BCUT2D eigenvalue weighted by Gasteiger charge is -2.01. The number of halogens is 2. The summed E-state index contributed by atoms with van der Waals surface area (Å²) in [6, 6.07) is 5.32. The Hall–Kier alpha value is -2.41. The largest absolute Gasteiger partial charge is 0.380 e. The summed E-state index contributed by atoms with van der Waals surface area (Å²) >= 11 is 5.82. The van der Waals surface area contributed by atoms with E-state index in [1.807, 2.05) is 0 Å². The quantitative estimate of drug-likeness (QED) is 0.404. The molecular formula is C13H12ClFN4O2. The van der Waals surface area contributed by atoms with E-state index in [1.165, 1.54) is 35.1 Å². The van der Waals surface area contributed by atoms with Crippen molar-refractivity contribution in [1.29, 1.82) is 0 Å². The van der Waals surface area contributed by atoms with Gasteiger partial charge in [0.15, 0.2) is 5.84 Å². The highest BCUT2D eigenvalue weighted by atomic mass is 35.5. The van der Waals surface area contributed by atoms with Crippen molar-refractivity contribution >= 4 is 23.4 Å². The van der Waals surface area contributed by atoms with Crippen LogP contribution in [0.25, 0.3) is 0 Å². The fourth-order valence-electron chi connectivity index (χ4n) is 1.51. The van der Waals surface area contributed by atoms with Gasteiger partial charge in [0.05, 0.1) is 10.7 Å². The zero-order chi connectivity index (χ0) is 15.4. The summed E-state index contributed by atoms with van der Waals surface area (Å²) in [6.45, 7) is 1.57. The number of benzene rings is 1. The fraction of sp³-hybridized carbons (Fsp3) is 0.154. The second-order valence-corrected chi connectivity index (χ2v) is 4.61. The molecular weight excluding hydrogens is 299 g/mol.